The van der Waals surface area contributed by atoms with E-state index >= 15 is 0 Å². The normalized spacial score (nSPS) is 22.2. The number of hydrogen-bond donors (Lipinski definition) is 0. The Labute approximate surface area is 193 Å². The number of rotatable bonds is 7. The van der Waals surface area contributed by atoms with Gasteiger partial charge in [-0.25, -0.2) is 0 Å². The lowest BCUT2D eigenvalue weighted by atomic mass is 9.84. The first kappa shape index (κ1) is 22.6. The Morgan fingerprint density at radius 3 is 2.53 bits per heavy atom. The zero-order valence-electron chi connectivity index (χ0n) is 19.3. The van der Waals surface area contributed by atoms with Crippen LogP contribution in [0, 0.1) is 0 Å². The van der Waals surface area contributed by atoms with Crippen molar-refractivity contribution in [3.8, 4) is 5.75 Å². The SMILES string of the molecule is C=C1/C=C\C=C/Cc2ccccc2C1C(C)OCCOc1ccc(C2CCCCC2)cc1. The fourth-order valence-electron chi connectivity index (χ4n) is 5.10. The quantitative estimate of drug-likeness (QED) is 0.424. The monoisotopic (exact) mass is 428 g/mol. The number of allylic oxidation sites excluding steroid dienone is 4. The van der Waals surface area contributed by atoms with Crippen molar-refractivity contribution < 1.29 is 9.47 Å². The van der Waals surface area contributed by atoms with Gasteiger partial charge in [0, 0.05) is 5.92 Å². The van der Waals surface area contributed by atoms with Crippen LogP contribution in [0.1, 0.15) is 67.6 Å². The number of benzene rings is 2. The predicted octanol–water partition coefficient (Wildman–Crippen LogP) is 7.53. The van der Waals surface area contributed by atoms with E-state index in [1.54, 1.807) is 0 Å². The lowest BCUT2D eigenvalue weighted by Crippen LogP contribution is -2.23. The van der Waals surface area contributed by atoms with Crippen molar-refractivity contribution >= 4 is 0 Å². The summed E-state index contributed by atoms with van der Waals surface area (Å²) in [6.45, 7) is 7.60. The van der Waals surface area contributed by atoms with Crippen molar-refractivity contribution in [3.05, 3.63) is 102 Å². The van der Waals surface area contributed by atoms with Crippen molar-refractivity contribution in [2.75, 3.05) is 13.2 Å². The molecule has 0 amide bonds. The number of fused-ring (bicyclic) bond motifs is 1. The molecule has 0 N–H and O–H groups in total. The number of hydrogen-bond acceptors (Lipinski definition) is 2. The van der Waals surface area contributed by atoms with Crippen LogP contribution in [0.3, 0.4) is 0 Å². The molecule has 1 saturated carbocycles. The van der Waals surface area contributed by atoms with Gasteiger partial charge in [-0.15, -0.1) is 0 Å². The summed E-state index contributed by atoms with van der Waals surface area (Å²) in [7, 11) is 0. The molecule has 0 heterocycles. The van der Waals surface area contributed by atoms with Crippen LogP contribution in [0.2, 0.25) is 0 Å². The minimum absolute atomic E-state index is 0.0173. The minimum atomic E-state index is 0.0173. The van der Waals surface area contributed by atoms with E-state index in [1.807, 2.05) is 0 Å². The summed E-state index contributed by atoms with van der Waals surface area (Å²) in [4.78, 5) is 0. The van der Waals surface area contributed by atoms with Crippen LogP contribution in [0.15, 0.2) is 85.0 Å². The van der Waals surface area contributed by atoms with Gasteiger partial charge in [0.25, 0.3) is 0 Å². The average Bonchev–Trinajstić information content (AvgIpc) is 2.91. The van der Waals surface area contributed by atoms with E-state index in [4.69, 9.17) is 9.47 Å². The first-order valence-electron chi connectivity index (χ1n) is 12.2. The molecule has 2 aromatic rings. The molecule has 4 rings (SSSR count). The molecule has 0 spiro atoms. The van der Waals surface area contributed by atoms with Crippen molar-refractivity contribution in [2.45, 2.75) is 63.4 Å². The topological polar surface area (TPSA) is 18.5 Å². The zero-order chi connectivity index (χ0) is 22.2. The van der Waals surface area contributed by atoms with Gasteiger partial charge < -0.3 is 9.47 Å². The first-order chi connectivity index (χ1) is 15.7. The zero-order valence-corrected chi connectivity index (χ0v) is 19.3. The highest BCUT2D eigenvalue weighted by atomic mass is 16.5. The molecule has 0 aromatic heterocycles. The molecule has 2 aliphatic carbocycles. The van der Waals surface area contributed by atoms with Gasteiger partial charge in [-0.1, -0.05) is 86.5 Å². The Kier molecular flexibility index (Phi) is 8.01. The van der Waals surface area contributed by atoms with E-state index in [1.165, 1.54) is 48.8 Å². The third kappa shape index (κ3) is 5.81. The summed E-state index contributed by atoms with van der Waals surface area (Å²) in [6, 6.07) is 17.3. The highest BCUT2D eigenvalue weighted by Crippen LogP contribution is 2.34. The molecule has 2 aromatic carbocycles. The molecule has 0 aliphatic heterocycles. The highest BCUT2D eigenvalue weighted by Gasteiger charge is 2.24. The second kappa shape index (κ2) is 11.3. The van der Waals surface area contributed by atoms with Crippen molar-refractivity contribution in [1.29, 1.82) is 0 Å². The van der Waals surface area contributed by atoms with Crippen molar-refractivity contribution in [3.63, 3.8) is 0 Å². The molecule has 2 unspecified atom stereocenters. The van der Waals surface area contributed by atoms with Gasteiger partial charge in [-0.2, -0.15) is 0 Å². The summed E-state index contributed by atoms with van der Waals surface area (Å²) in [6.07, 6.45) is 16.2. The van der Waals surface area contributed by atoms with Crippen LogP contribution in [0.5, 0.6) is 5.75 Å². The van der Waals surface area contributed by atoms with Crippen LogP contribution < -0.4 is 4.74 Å². The van der Waals surface area contributed by atoms with E-state index < -0.39 is 0 Å². The Balaban J connectivity index is 1.31. The van der Waals surface area contributed by atoms with E-state index in [0.717, 1.165) is 23.7 Å². The maximum atomic E-state index is 6.25. The van der Waals surface area contributed by atoms with E-state index in [9.17, 15) is 0 Å². The fourth-order valence-corrected chi connectivity index (χ4v) is 5.10. The maximum Gasteiger partial charge on any atom is 0.119 e. The lowest BCUT2D eigenvalue weighted by molar-refractivity contribution is 0.0353. The molecule has 168 valence electrons. The smallest absolute Gasteiger partial charge is 0.119 e. The summed E-state index contributed by atoms with van der Waals surface area (Å²) in [5.41, 5.74) is 5.18. The fraction of sp³-hybridized carbons (Fsp3) is 0.400. The van der Waals surface area contributed by atoms with Gasteiger partial charge in [0.1, 0.15) is 12.4 Å². The molecule has 2 nitrogen and oxygen atoms in total. The Bertz CT molecular complexity index is 932. The second-order valence-corrected chi connectivity index (χ2v) is 9.07. The van der Waals surface area contributed by atoms with Crippen LogP contribution >= 0.6 is 0 Å². The standard InChI is InChI=1S/C30H36O2/c1-23-11-5-3-8-14-27-15-9-10-16-29(27)30(23)24(2)31-21-22-32-28-19-17-26(18-20-28)25-12-6-4-7-13-25/h3,5,8-11,15-20,24-25,30H,1,4,6-7,12-14,21-22H2,2H3/b8-3-,11-5-. The minimum Gasteiger partial charge on any atom is -0.491 e. The van der Waals surface area contributed by atoms with Gasteiger partial charge in [-0.3, -0.25) is 0 Å². The van der Waals surface area contributed by atoms with Crippen molar-refractivity contribution in [2.24, 2.45) is 0 Å². The number of ether oxygens (including phenoxy) is 2. The Hall–Kier alpha value is -2.58. The Morgan fingerprint density at radius 1 is 0.938 bits per heavy atom. The summed E-state index contributed by atoms with van der Waals surface area (Å²) < 4.78 is 12.2. The largest absolute Gasteiger partial charge is 0.491 e. The molecule has 32 heavy (non-hydrogen) atoms. The molecule has 2 heteroatoms. The highest BCUT2D eigenvalue weighted by molar-refractivity contribution is 5.42. The molecule has 0 radical (unpaired) electrons. The molecule has 1 fully saturated rings. The van der Waals surface area contributed by atoms with Crippen molar-refractivity contribution in [1.82, 2.24) is 0 Å². The van der Waals surface area contributed by atoms with E-state index in [0.29, 0.717) is 13.2 Å². The predicted molar refractivity (Wildman–Crippen MR) is 133 cm³/mol. The summed E-state index contributed by atoms with van der Waals surface area (Å²) in [5.74, 6) is 1.79. The van der Waals surface area contributed by atoms with Gasteiger partial charge in [0.2, 0.25) is 0 Å². The lowest BCUT2D eigenvalue weighted by Gasteiger charge is -2.27. The average molecular weight is 429 g/mol. The Morgan fingerprint density at radius 2 is 1.72 bits per heavy atom. The van der Waals surface area contributed by atoms with E-state index in [2.05, 4.69) is 86.3 Å². The van der Waals surface area contributed by atoms with Gasteiger partial charge in [-0.05, 0) is 66.5 Å². The molecule has 2 aliphatic rings. The summed E-state index contributed by atoms with van der Waals surface area (Å²) in [5, 5.41) is 0. The van der Waals surface area contributed by atoms with Crippen LogP contribution in [-0.2, 0) is 11.2 Å². The van der Waals surface area contributed by atoms with Gasteiger partial charge in [0.05, 0.1) is 12.7 Å². The van der Waals surface area contributed by atoms with Crippen LogP contribution in [0.4, 0.5) is 0 Å². The molecule has 2 atom stereocenters. The second-order valence-electron chi connectivity index (χ2n) is 9.07. The van der Waals surface area contributed by atoms with Crippen LogP contribution in [0.25, 0.3) is 0 Å². The third-order valence-electron chi connectivity index (χ3n) is 6.84. The van der Waals surface area contributed by atoms with E-state index in [-0.39, 0.29) is 12.0 Å². The van der Waals surface area contributed by atoms with Crippen LogP contribution in [-0.4, -0.2) is 19.3 Å². The third-order valence-corrected chi connectivity index (χ3v) is 6.84. The molecule has 0 saturated heterocycles. The van der Waals surface area contributed by atoms with Gasteiger partial charge in [0.15, 0.2) is 0 Å². The molecular weight excluding hydrogens is 392 g/mol. The molecular formula is C30H36O2. The maximum absolute atomic E-state index is 6.25. The molecule has 0 bridgehead atoms. The summed E-state index contributed by atoms with van der Waals surface area (Å²) >= 11 is 0. The van der Waals surface area contributed by atoms with Gasteiger partial charge >= 0.3 is 0 Å². The first-order valence-corrected chi connectivity index (χ1v) is 12.2.